The third-order valence-electron chi connectivity index (χ3n) is 5.71. The summed E-state index contributed by atoms with van der Waals surface area (Å²) in [6.45, 7) is 3.68. The van der Waals surface area contributed by atoms with E-state index in [2.05, 4.69) is 0 Å². The van der Waals surface area contributed by atoms with Crippen LogP contribution < -0.4 is 22.2 Å². The Morgan fingerprint density at radius 3 is 1.18 bits per heavy atom. The molecule has 0 radical (unpaired) electrons. The van der Waals surface area contributed by atoms with E-state index in [1.807, 2.05) is 26.0 Å². The van der Waals surface area contributed by atoms with E-state index in [0.717, 1.165) is 20.3 Å². The van der Waals surface area contributed by atoms with E-state index >= 15 is 0 Å². The summed E-state index contributed by atoms with van der Waals surface area (Å²) < 4.78 is 2.19. The molecule has 0 aliphatic heterocycles. The highest BCUT2D eigenvalue weighted by Gasteiger charge is 2.22. The van der Waals surface area contributed by atoms with Crippen LogP contribution in [0.5, 0.6) is 0 Å². The summed E-state index contributed by atoms with van der Waals surface area (Å²) >= 11 is 0. The minimum absolute atomic E-state index is 0.376. The Bertz CT molecular complexity index is 1600. The topological polar surface area (TPSA) is 78.1 Å². The normalized spacial score (nSPS) is 12.1. The van der Waals surface area contributed by atoms with Gasteiger partial charge in [-0.3, -0.25) is 28.3 Å². The number of pyridine rings is 2. The number of aryl methyl sites for hydroxylation is 2. The van der Waals surface area contributed by atoms with Crippen LogP contribution in [0.4, 0.5) is 0 Å². The summed E-state index contributed by atoms with van der Waals surface area (Å²) in [5.41, 5.74) is -0.0134. The standard InChI is InChI=1S/C22H16N2O4/c1-9-5-11-15-13(7-9)19(25)23(3)22(28)18(15)12-6-10(2)8-14-16(12)17(11)21(27)24(4)20(14)26/h5-8H,1-4H3. The van der Waals surface area contributed by atoms with Crippen molar-refractivity contribution in [2.24, 2.45) is 14.1 Å². The van der Waals surface area contributed by atoms with Crippen LogP contribution in [0, 0.1) is 13.8 Å². The highest BCUT2D eigenvalue weighted by Crippen LogP contribution is 2.36. The highest BCUT2D eigenvalue weighted by molar-refractivity contribution is 6.32. The molecule has 0 spiro atoms. The Hall–Kier alpha value is -3.54. The maximum Gasteiger partial charge on any atom is 0.261 e. The summed E-state index contributed by atoms with van der Waals surface area (Å²) in [5, 5.41) is 3.63. The maximum absolute atomic E-state index is 13.1. The number of fused-ring (bicyclic) bond motifs is 2. The SMILES string of the molecule is Cc1cc2c(=O)n(C)c(=O)c3c4cc(C)cc5c(=O)n(C)c(=O)c(c(c1)c23)c54. The average molecular weight is 372 g/mol. The Labute approximate surface area is 157 Å². The lowest BCUT2D eigenvalue weighted by Gasteiger charge is -2.16. The predicted octanol–water partition coefficient (Wildman–Crippen LogP) is 1.91. The number of hydrogen-bond donors (Lipinski definition) is 0. The van der Waals surface area contributed by atoms with Gasteiger partial charge in [0.25, 0.3) is 22.2 Å². The van der Waals surface area contributed by atoms with Gasteiger partial charge in [-0.1, -0.05) is 12.1 Å². The Morgan fingerprint density at radius 1 is 0.500 bits per heavy atom. The van der Waals surface area contributed by atoms with Crippen LogP contribution in [0.2, 0.25) is 0 Å². The van der Waals surface area contributed by atoms with Crippen LogP contribution in [-0.4, -0.2) is 9.13 Å². The minimum atomic E-state index is -0.423. The van der Waals surface area contributed by atoms with Gasteiger partial charge in [-0.2, -0.15) is 0 Å². The second kappa shape index (κ2) is 5.04. The molecule has 0 amide bonds. The van der Waals surface area contributed by atoms with Gasteiger partial charge in [0.05, 0.1) is 10.8 Å². The number of aromatic nitrogens is 2. The van der Waals surface area contributed by atoms with Crippen LogP contribution >= 0.6 is 0 Å². The first-order valence-corrected chi connectivity index (χ1v) is 8.91. The number of nitrogens with zero attached hydrogens (tertiary/aromatic N) is 2. The largest absolute Gasteiger partial charge is 0.277 e. The molecule has 2 heterocycles. The Balaban J connectivity index is 2.43. The average Bonchev–Trinajstić information content (AvgIpc) is 2.65. The molecule has 0 atom stereocenters. The van der Waals surface area contributed by atoms with Crippen LogP contribution in [0.3, 0.4) is 0 Å². The van der Waals surface area contributed by atoms with E-state index in [-0.39, 0.29) is 0 Å². The van der Waals surface area contributed by atoms with E-state index in [9.17, 15) is 19.2 Å². The summed E-state index contributed by atoms with van der Waals surface area (Å²) in [4.78, 5) is 51.8. The molecule has 0 bridgehead atoms. The summed E-state index contributed by atoms with van der Waals surface area (Å²) in [6, 6.07) is 7.12. The van der Waals surface area contributed by atoms with Crippen LogP contribution in [0.25, 0.3) is 43.1 Å². The maximum atomic E-state index is 13.1. The van der Waals surface area contributed by atoms with Gasteiger partial charge in [0.2, 0.25) is 0 Å². The van der Waals surface area contributed by atoms with Gasteiger partial charge < -0.3 is 0 Å². The van der Waals surface area contributed by atoms with Gasteiger partial charge in [0.1, 0.15) is 0 Å². The molecule has 0 saturated carbocycles. The second-order valence-corrected chi connectivity index (χ2v) is 7.56. The van der Waals surface area contributed by atoms with Crippen molar-refractivity contribution < 1.29 is 0 Å². The fraction of sp³-hybridized carbons (Fsp3) is 0.182. The van der Waals surface area contributed by atoms with Gasteiger partial charge in [0, 0.05) is 35.6 Å². The molecule has 5 rings (SSSR count). The first kappa shape index (κ1) is 16.6. The first-order valence-electron chi connectivity index (χ1n) is 8.91. The molecule has 6 heteroatoms. The fourth-order valence-electron chi connectivity index (χ4n) is 4.44. The smallest absolute Gasteiger partial charge is 0.261 e. The molecule has 0 saturated heterocycles. The zero-order valence-corrected chi connectivity index (χ0v) is 15.8. The Morgan fingerprint density at radius 2 is 0.821 bits per heavy atom. The third kappa shape index (κ3) is 1.77. The predicted molar refractivity (Wildman–Crippen MR) is 111 cm³/mol. The number of rotatable bonds is 0. The van der Waals surface area contributed by atoms with Crippen molar-refractivity contribution in [1.82, 2.24) is 9.13 Å². The molecular weight excluding hydrogens is 356 g/mol. The number of hydrogen-bond acceptors (Lipinski definition) is 4. The lowest BCUT2D eigenvalue weighted by Crippen LogP contribution is -2.33. The molecule has 6 nitrogen and oxygen atoms in total. The van der Waals surface area contributed by atoms with Gasteiger partial charge in [0.15, 0.2) is 0 Å². The molecule has 0 unspecified atom stereocenters. The van der Waals surface area contributed by atoms with E-state index in [1.54, 1.807) is 12.1 Å². The fourth-order valence-corrected chi connectivity index (χ4v) is 4.44. The third-order valence-corrected chi connectivity index (χ3v) is 5.71. The molecule has 3 aromatic carbocycles. The van der Waals surface area contributed by atoms with Gasteiger partial charge in [-0.05, 0) is 47.9 Å². The van der Waals surface area contributed by atoms with Crippen LogP contribution in [-0.2, 0) is 14.1 Å². The zero-order chi connectivity index (χ0) is 20.1. The molecule has 0 fully saturated rings. The van der Waals surface area contributed by atoms with Gasteiger partial charge in [-0.25, -0.2) is 0 Å². The van der Waals surface area contributed by atoms with Crippen LogP contribution in [0.1, 0.15) is 11.1 Å². The monoisotopic (exact) mass is 372 g/mol. The van der Waals surface area contributed by atoms with E-state index in [4.69, 9.17) is 0 Å². The minimum Gasteiger partial charge on any atom is -0.277 e. The molecule has 0 aliphatic carbocycles. The summed E-state index contributed by atoms with van der Waals surface area (Å²) in [5.74, 6) is 0. The van der Waals surface area contributed by atoms with Crippen molar-refractivity contribution in [3.8, 4) is 0 Å². The molecule has 0 N–H and O–H groups in total. The number of benzene rings is 3. The molecule has 138 valence electrons. The first-order chi connectivity index (χ1) is 13.2. The molecule has 2 aromatic heterocycles. The zero-order valence-electron chi connectivity index (χ0n) is 15.8. The van der Waals surface area contributed by atoms with Crippen molar-refractivity contribution in [3.05, 3.63) is 76.8 Å². The lowest BCUT2D eigenvalue weighted by atomic mass is 9.89. The quantitative estimate of drug-likeness (QED) is 0.307. The van der Waals surface area contributed by atoms with Gasteiger partial charge >= 0.3 is 0 Å². The van der Waals surface area contributed by atoms with Crippen LogP contribution in [0.15, 0.2) is 43.4 Å². The molecule has 28 heavy (non-hydrogen) atoms. The van der Waals surface area contributed by atoms with Crippen molar-refractivity contribution >= 4 is 43.1 Å². The van der Waals surface area contributed by atoms with E-state index in [1.165, 1.54) is 14.1 Å². The Kier molecular flexibility index (Phi) is 2.99. The molecule has 0 aliphatic rings. The summed E-state index contributed by atoms with van der Waals surface area (Å²) in [6.07, 6.45) is 0. The van der Waals surface area contributed by atoms with Crippen molar-refractivity contribution in [1.29, 1.82) is 0 Å². The molecule has 5 aromatic rings. The molecular formula is C22H16N2O4. The second-order valence-electron chi connectivity index (χ2n) is 7.56. The van der Waals surface area contributed by atoms with Crippen molar-refractivity contribution in [3.63, 3.8) is 0 Å². The van der Waals surface area contributed by atoms with Crippen molar-refractivity contribution in [2.75, 3.05) is 0 Å². The van der Waals surface area contributed by atoms with Crippen molar-refractivity contribution in [2.45, 2.75) is 13.8 Å². The summed E-state index contributed by atoms with van der Waals surface area (Å²) in [7, 11) is 2.91. The van der Waals surface area contributed by atoms with E-state index < -0.39 is 22.2 Å². The van der Waals surface area contributed by atoms with E-state index in [0.29, 0.717) is 43.1 Å². The highest BCUT2D eigenvalue weighted by atomic mass is 16.2. The lowest BCUT2D eigenvalue weighted by molar-refractivity contribution is 0.840. The van der Waals surface area contributed by atoms with Gasteiger partial charge in [-0.15, -0.1) is 0 Å².